The van der Waals surface area contributed by atoms with Gasteiger partial charge in [-0.3, -0.25) is 0 Å². The zero-order valence-electron chi connectivity index (χ0n) is 22.2. The fourth-order valence-electron chi connectivity index (χ4n) is 5.62. The van der Waals surface area contributed by atoms with Crippen molar-refractivity contribution in [3.05, 3.63) is 82.6 Å². The van der Waals surface area contributed by atoms with Crippen LogP contribution in [0.1, 0.15) is 73.5 Å². The van der Waals surface area contributed by atoms with Gasteiger partial charge < -0.3 is 15.5 Å². The van der Waals surface area contributed by atoms with Gasteiger partial charge in [-0.25, -0.2) is 4.79 Å². The molecule has 1 aliphatic heterocycles. The number of hydrogen-bond donors (Lipinski definition) is 1. The third-order valence-electron chi connectivity index (χ3n) is 7.56. The Balaban J connectivity index is 1.72. The largest absolute Gasteiger partial charge is 0.399 e. The van der Waals surface area contributed by atoms with Crippen molar-refractivity contribution >= 4 is 22.9 Å². The van der Waals surface area contributed by atoms with Gasteiger partial charge in [0.15, 0.2) is 5.71 Å². The maximum atomic E-state index is 12.4. The highest BCUT2D eigenvalue weighted by atomic mass is 16.7. The normalized spacial score (nSPS) is 19.3. The fraction of sp³-hybridized carbons (Fsp3) is 0.387. The van der Waals surface area contributed by atoms with E-state index in [9.17, 15) is 10.1 Å². The van der Waals surface area contributed by atoms with Gasteiger partial charge in [-0.1, -0.05) is 69.5 Å². The lowest BCUT2D eigenvalue weighted by molar-refractivity contribution is 0.0517. The molecule has 3 unspecified atom stereocenters. The number of carbonyl (C=O) groups excluding carboxylic acids is 1. The Morgan fingerprint density at radius 2 is 1.97 bits per heavy atom. The third-order valence-corrected chi connectivity index (χ3v) is 7.56. The second-order valence-corrected chi connectivity index (χ2v) is 10.1. The summed E-state index contributed by atoms with van der Waals surface area (Å²) in [6.07, 6.45) is 9.00. The van der Waals surface area contributed by atoms with E-state index < -0.39 is 5.97 Å². The Kier molecular flexibility index (Phi) is 8.13. The second kappa shape index (κ2) is 11.5. The Labute approximate surface area is 220 Å². The van der Waals surface area contributed by atoms with Crippen molar-refractivity contribution in [1.29, 1.82) is 5.26 Å². The van der Waals surface area contributed by atoms with Crippen molar-refractivity contribution < 1.29 is 9.63 Å². The molecule has 0 fully saturated rings. The number of nitrogens with two attached hydrogens (primary N) is 1. The SMILES string of the molecule is CCCCC(CC)CN1c2ccc(/C(C#N)=N/OC(=O)c3ccccc3)c(C)c2C2=CC(N)=CC(C)C21. The Morgan fingerprint density at radius 1 is 1.22 bits per heavy atom. The van der Waals surface area contributed by atoms with Gasteiger partial charge in [0, 0.05) is 35.0 Å². The predicted molar refractivity (Wildman–Crippen MR) is 149 cm³/mol. The molecule has 2 aliphatic rings. The van der Waals surface area contributed by atoms with Crippen LogP contribution in [0.4, 0.5) is 5.69 Å². The minimum absolute atomic E-state index is 0.0712. The first-order chi connectivity index (χ1) is 17.9. The zero-order valence-corrected chi connectivity index (χ0v) is 22.2. The number of anilines is 1. The molecule has 1 aliphatic carbocycles. The smallest absolute Gasteiger partial charge is 0.365 e. The summed E-state index contributed by atoms with van der Waals surface area (Å²) in [5.74, 6) is 0.267. The van der Waals surface area contributed by atoms with Gasteiger partial charge in [-0.05, 0) is 60.7 Å². The summed E-state index contributed by atoms with van der Waals surface area (Å²) in [7, 11) is 0. The van der Waals surface area contributed by atoms with Gasteiger partial charge in [0.1, 0.15) is 6.07 Å². The monoisotopic (exact) mass is 496 g/mol. The molecule has 1 heterocycles. The highest BCUT2D eigenvalue weighted by molar-refractivity contribution is 6.14. The standard InChI is InChI=1S/C31H36N4O2/c1-5-7-11-22(6-2)19-35-28-15-14-25(21(4)29(28)26-17-24(33)16-20(3)30(26)35)27(18-32)34-37-31(36)23-12-9-8-10-13-23/h8-10,12-17,20,22,30H,5-7,11,19,33H2,1-4H3/b34-27+. The molecule has 2 aromatic carbocycles. The number of oxime groups is 1. The molecule has 0 bridgehead atoms. The summed E-state index contributed by atoms with van der Waals surface area (Å²) in [5, 5.41) is 13.9. The summed E-state index contributed by atoms with van der Waals surface area (Å²) in [6, 6.07) is 15.0. The van der Waals surface area contributed by atoms with E-state index in [-0.39, 0.29) is 17.7 Å². The van der Waals surface area contributed by atoms with Crippen LogP contribution in [0.3, 0.4) is 0 Å². The van der Waals surface area contributed by atoms with Gasteiger partial charge in [-0.15, -0.1) is 0 Å². The van der Waals surface area contributed by atoms with E-state index in [4.69, 9.17) is 10.6 Å². The molecule has 2 aromatic rings. The molecule has 0 saturated carbocycles. The van der Waals surface area contributed by atoms with Crippen molar-refractivity contribution in [1.82, 2.24) is 0 Å². The first-order valence-electron chi connectivity index (χ1n) is 13.2. The highest BCUT2D eigenvalue weighted by Gasteiger charge is 2.40. The Morgan fingerprint density at radius 3 is 2.65 bits per heavy atom. The molecule has 6 nitrogen and oxygen atoms in total. The number of nitrogens with zero attached hydrogens (tertiary/aromatic N) is 3. The van der Waals surface area contributed by atoms with E-state index in [0.29, 0.717) is 17.0 Å². The molecule has 2 N–H and O–H groups in total. The molecule has 0 saturated heterocycles. The fourth-order valence-corrected chi connectivity index (χ4v) is 5.62. The van der Waals surface area contributed by atoms with Crippen molar-refractivity contribution in [3.8, 4) is 6.07 Å². The number of benzene rings is 2. The van der Waals surface area contributed by atoms with E-state index in [2.05, 4.69) is 55.1 Å². The molecule has 0 spiro atoms. The van der Waals surface area contributed by atoms with Crippen molar-refractivity contribution in [3.63, 3.8) is 0 Å². The molecule has 6 heteroatoms. The highest BCUT2D eigenvalue weighted by Crippen LogP contribution is 2.48. The van der Waals surface area contributed by atoms with Crippen molar-refractivity contribution in [2.75, 3.05) is 11.4 Å². The average Bonchev–Trinajstić information content (AvgIpc) is 3.22. The predicted octanol–water partition coefficient (Wildman–Crippen LogP) is 6.36. The number of hydrogen-bond acceptors (Lipinski definition) is 6. The lowest BCUT2D eigenvalue weighted by atomic mass is 9.84. The Hall–Kier alpha value is -3.85. The molecule has 0 radical (unpaired) electrons. The van der Waals surface area contributed by atoms with Gasteiger partial charge in [-0.2, -0.15) is 5.26 Å². The van der Waals surface area contributed by atoms with Crippen molar-refractivity contribution in [2.24, 2.45) is 22.7 Å². The van der Waals surface area contributed by atoms with E-state index in [1.54, 1.807) is 24.3 Å². The van der Waals surface area contributed by atoms with Crippen molar-refractivity contribution in [2.45, 2.75) is 59.4 Å². The van der Waals surface area contributed by atoms with Gasteiger partial charge in [0.05, 0.1) is 11.6 Å². The van der Waals surface area contributed by atoms with Crippen LogP contribution in [0.2, 0.25) is 0 Å². The summed E-state index contributed by atoms with van der Waals surface area (Å²) in [6.45, 7) is 9.73. The first-order valence-corrected chi connectivity index (χ1v) is 13.2. The average molecular weight is 497 g/mol. The number of allylic oxidation sites excluding steroid dienone is 1. The molecule has 0 aromatic heterocycles. The number of unbranched alkanes of at least 4 members (excludes halogenated alkanes) is 1. The molecule has 37 heavy (non-hydrogen) atoms. The molecule has 3 atom stereocenters. The number of fused-ring (bicyclic) bond motifs is 3. The van der Waals surface area contributed by atoms with Crippen LogP contribution in [-0.4, -0.2) is 24.3 Å². The van der Waals surface area contributed by atoms with Gasteiger partial charge >= 0.3 is 5.97 Å². The summed E-state index contributed by atoms with van der Waals surface area (Å²) >= 11 is 0. The summed E-state index contributed by atoms with van der Waals surface area (Å²) < 4.78 is 0. The van der Waals surface area contributed by atoms with Crippen LogP contribution < -0.4 is 10.6 Å². The number of rotatable bonds is 9. The lowest BCUT2D eigenvalue weighted by Gasteiger charge is -2.35. The topological polar surface area (TPSA) is 91.7 Å². The summed E-state index contributed by atoms with van der Waals surface area (Å²) in [4.78, 5) is 20.1. The van der Waals surface area contributed by atoms with Crippen LogP contribution >= 0.6 is 0 Å². The minimum atomic E-state index is -0.599. The van der Waals surface area contributed by atoms with E-state index >= 15 is 0 Å². The van der Waals surface area contributed by atoms with Gasteiger partial charge in [0.2, 0.25) is 0 Å². The van der Waals surface area contributed by atoms with Crippen LogP contribution in [0, 0.1) is 30.1 Å². The van der Waals surface area contributed by atoms with E-state index in [0.717, 1.165) is 29.8 Å². The van der Waals surface area contributed by atoms with E-state index in [1.165, 1.54) is 30.5 Å². The van der Waals surface area contributed by atoms with Crippen LogP contribution in [0.25, 0.3) is 5.57 Å². The molecular formula is C31H36N4O2. The molecule has 4 rings (SSSR count). The second-order valence-electron chi connectivity index (χ2n) is 10.1. The Bertz CT molecular complexity index is 1290. The van der Waals surface area contributed by atoms with Crippen LogP contribution in [-0.2, 0) is 4.84 Å². The zero-order chi connectivity index (χ0) is 26.5. The maximum absolute atomic E-state index is 12.4. The molecule has 0 amide bonds. The lowest BCUT2D eigenvalue weighted by Crippen LogP contribution is -2.40. The minimum Gasteiger partial charge on any atom is -0.399 e. The third kappa shape index (κ3) is 5.32. The first kappa shape index (κ1) is 26.2. The quantitative estimate of drug-likeness (QED) is 0.248. The number of nitriles is 1. The maximum Gasteiger partial charge on any atom is 0.365 e. The van der Waals surface area contributed by atoms with Crippen LogP contribution in [0.5, 0.6) is 0 Å². The molecular weight excluding hydrogens is 460 g/mol. The van der Waals surface area contributed by atoms with Crippen LogP contribution in [0.15, 0.2) is 65.5 Å². The summed E-state index contributed by atoms with van der Waals surface area (Å²) in [5.41, 5.74) is 12.6. The van der Waals surface area contributed by atoms with E-state index in [1.807, 2.05) is 19.1 Å². The number of carbonyl (C=O) groups is 1. The molecule has 192 valence electrons. The van der Waals surface area contributed by atoms with Gasteiger partial charge in [0.25, 0.3) is 0 Å².